The Hall–Kier alpha value is -1.03. The van der Waals surface area contributed by atoms with Gasteiger partial charge in [-0.3, -0.25) is 0 Å². The number of aromatic nitrogens is 1. The third kappa shape index (κ3) is 3.42. The van der Waals surface area contributed by atoms with E-state index in [2.05, 4.69) is 41.6 Å². The van der Waals surface area contributed by atoms with Gasteiger partial charge in [-0.05, 0) is 99.8 Å². The first-order valence-electron chi connectivity index (χ1n) is 12.0. The molecule has 0 saturated heterocycles. The van der Waals surface area contributed by atoms with Gasteiger partial charge in [0.2, 0.25) is 0 Å². The lowest BCUT2D eigenvalue weighted by molar-refractivity contribution is -0.0774. The Bertz CT molecular complexity index is 913. The number of likely N-dealkylation sites (N-methyl/N-ethyl adjacent to an activating group) is 1. The van der Waals surface area contributed by atoms with E-state index in [4.69, 9.17) is 0 Å². The van der Waals surface area contributed by atoms with Crippen LogP contribution in [0.1, 0.15) is 61.8 Å². The molecule has 0 amide bonds. The van der Waals surface area contributed by atoms with Gasteiger partial charge in [-0.1, -0.05) is 11.6 Å². The molecule has 3 nitrogen and oxygen atoms in total. The number of hydrogen-bond donors (Lipinski definition) is 1. The van der Waals surface area contributed by atoms with Crippen LogP contribution in [0, 0.1) is 30.1 Å². The van der Waals surface area contributed by atoms with E-state index >= 15 is 0 Å². The molecule has 1 aromatic heterocycles. The van der Waals surface area contributed by atoms with Crippen LogP contribution in [0.5, 0.6) is 0 Å². The first-order valence-corrected chi connectivity index (χ1v) is 12.0. The topological polar surface area (TPSA) is 28.4 Å². The molecule has 1 atom stereocenters. The fourth-order valence-electron chi connectivity index (χ4n) is 8.22. The predicted octanol–water partition coefficient (Wildman–Crippen LogP) is 5.33. The van der Waals surface area contributed by atoms with Gasteiger partial charge in [-0.15, -0.1) is 12.4 Å². The lowest BCUT2D eigenvalue weighted by Crippen LogP contribution is -2.47. The zero-order valence-corrected chi connectivity index (χ0v) is 19.4. The number of rotatable bonds is 4. The molecule has 1 N–H and O–H groups in total. The number of fused-ring (bicyclic) bond motifs is 3. The number of aliphatic hydroxyl groups is 1. The summed E-state index contributed by atoms with van der Waals surface area (Å²) < 4.78 is 2.49. The molecule has 4 aliphatic carbocycles. The molecule has 0 spiro atoms. The van der Waals surface area contributed by atoms with E-state index in [0.717, 1.165) is 50.2 Å². The summed E-state index contributed by atoms with van der Waals surface area (Å²) in [7, 11) is 2.23. The highest BCUT2D eigenvalue weighted by Crippen LogP contribution is 2.61. The second kappa shape index (κ2) is 7.53. The van der Waals surface area contributed by atoms with Crippen LogP contribution in [0.25, 0.3) is 10.9 Å². The standard InChI is InChI=1S/C26H36N2O.ClH/c1-17-3-4-24-22(7-17)23-16-27(2)6-5-25(23)28(24)15-21(29)14-26-11-18-8-19(12-26)10-20(9-18)13-26;/h3-4,7,18-21,29H,5-6,8-16H2,1-2H3;1H. The van der Waals surface area contributed by atoms with Gasteiger partial charge in [-0.2, -0.15) is 0 Å². The summed E-state index contributed by atoms with van der Waals surface area (Å²) in [6.45, 7) is 5.12. The second-order valence-corrected chi connectivity index (χ2v) is 11.3. The molecule has 1 aromatic carbocycles. The van der Waals surface area contributed by atoms with Gasteiger partial charge in [-0.25, -0.2) is 0 Å². The minimum absolute atomic E-state index is 0. The molecule has 4 heteroatoms. The maximum Gasteiger partial charge on any atom is 0.0724 e. The van der Waals surface area contributed by atoms with Crippen LogP contribution >= 0.6 is 12.4 Å². The lowest BCUT2D eigenvalue weighted by Gasteiger charge is -2.57. The number of aliphatic hydroxyl groups excluding tert-OH is 1. The largest absolute Gasteiger partial charge is 0.391 e. The van der Waals surface area contributed by atoms with E-state index in [1.54, 1.807) is 0 Å². The first kappa shape index (κ1) is 20.8. The Morgan fingerprint density at radius 1 is 1.10 bits per heavy atom. The van der Waals surface area contributed by atoms with Crippen molar-refractivity contribution in [2.75, 3.05) is 13.6 Å². The van der Waals surface area contributed by atoms with Crippen molar-refractivity contribution < 1.29 is 5.11 Å². The average molecular weight is 429 g/mol. The molecular formula is C26H37ClN2O. The summed E-state index contributed by atoms with van der Waals surface area (Å²) in [6.07, 6.45) is 10.5. The van der Waals surface area contributed by atoms with Crippen LogP contribution < -0.4 is 0 Å². The van der Waals surface area contributed by atoms with Gasteiger partial charge in [0.15, 0.2) is 0 Å². The monoisotopic (exact) mass is 428 g/mol. The number of halogens is 1. The minimum atomic E-state index is -0.216. The third-order valence-electron chi connectivity index (χ3n) is 8.83. The normalized spacial score (nSPS) is 33.5. The van der Waals surface area contributed by atoms with Crippen molar-refractivity contribution in [1.29, 1.82) is 0 Å². The Morgan fingerprint density at radius 2 is 1.77 bits per heavy atom. The molecule has 2 heterocycles. The number of benzene rings is 1. The summed E-state index contributed by atoms with van der Waals surface area (Å²) in [5.74, 6) is 2.89. The highest BCUT2D eigenvalue weighted by molar-refractivity contribution is 5.86. The zero-order valence-electron chi connectivity index (χ0n) is 18.6. The smallest absolute Gasteiger partial charge is 0.0724 e. The van der Waals surface area contributed by atoms with Crippen molar-refractivity contribution in [3.63, 3.8) is 0 Å². The van der Waals surface area contributed by atoms with E-state index < -0.39 is 0 Å². The van der Waals surface area contributed by atoms with Crippen molar-refractivity contribution in [3.05, 3.63) is 35.0 Å². The van der Waals surface area contributed by atoms with Crippen LogP contribution in [0.4, 0.5) is 0 Å². The summed E-state index contributed by atoms with van der Waals surface area (Å²) in [4.78, 5) is 2.43. The Morgan fingerprint density at radius 3 is 2.43 bits per heavy atom. The van der Waals surface area contributed by atoms with Crippen molar-refractivity contribution in [1.82, 2.24) is 9.47 Å². The average Bonchev–Trinajstić information content (AvgIpc) is 2.92. The fourth-order valence-corrected chi connectivity index (χ4v) is 8.22. The Kier molecular flexibility index (Phi) is 5.24. The van der Waals surface area contributed by atoms with Crippen molar-refractivity contribution in [3.8, 4) is 0 Å². The third-order valence-corrected chi connectivity index (χ3v) is 8.83. The van der Waals surface area contributed by atoms with Crippen LogP contribution in [0.15, 0.2) is 18.2 Å². The minimum Gasteiger partial charge on any atom is -0.391 e. The molecule has 4 saturated carbocycles. The summed E-state index contributed by atoms with van der Waals surface area (Å²) in [6, 6.07) is 6.88. The second-order valence-electron chi connectivity index (χ2n) is 11.3. The zero-order chi connectivity index (χ0) is 19.8. The first-order chi connectivity index (χ1) is 14.0. The van der Waals surface area contributed by atoms with Crippen LogP contribution in [0.3, 0.4) is 0 Å². The summed E-state index contributed by atoms with van der Waals surface area (Å²) in [5, 5.41) is 12.7. The number of hydrogen-bond acceptors (Lipinski definition) is 2. The number of nitrogens with zero attached hydrogens (tertiary/aromatic N) is 2. The van der Waals surface area contributed by atoms with Crippen LogP contribution in [-0.4, -0.2) is 34.3 Å². The number of aryl methyl sites for hydroxylation is 1. The highest BCUT2D eigenvalue weighted by Gasteiger charge is 2.51. The molecule has 2 aromatic rings. The van der Waals surface area contributed by atoms with Gasteiger partial charge in [0, 0.05) is 42.7 Å². The van der Waals surface area contributed by atoms with Gasteiger partial charge in [0.1, 0.15) is 0 Å². The molecule has 1 aliphatic heterocycles. The Labute approximate surface area is 187 Å². The molecule has 4 bridgehead atoms. The predicted molar refractivity (Wildman–Crippen MR) is 125 cm³/mol. The maximum absolute atomic E-state index is 11.3. The van der Waals surface area contributed by atoms with Gasteiger partial charge < -0.3 is 14.6 Å². The van der Waals surface area contributed by atoms with Crippen LogP contribution in [-0.2, 0) is 19.5 Å². The van der Waals surface area contributed by atoms with Gasteiger partial charge in [0.05, 0.1) is 6.10 Å². The van der Waals surface area contributed by atoms with E-state index in [9.17, 15) is 5.11 Å². The van der Waals surface area contributed by atoms with E-state index in [1.165, 1.54) is 66.2 Å². The fraction of sp³-hybridized carbons (Fsp3) is 0.692. The molecule has 0 radical (unpaired) electrons. The van der Waals surface area contributed by atoms with Gasteiger partial charge in [0.25, 0.3) is 0 Å². The maximum atomic E-state index is 11.3. The summed E-state index contributed by atoms with van der Waals surface area (Å²) in [5.41, 5.74) is 6.10. The van der Waals surface area contributed by atoms with E-state index in [-0.39, 0.29) is 18.5 Å². The van der Waals surface area contributed by atoms with Crippen LogP contribution in [0.2, 0.25) is 0 Å². The molecule has 4 fully saturated rings. The quantitative estimate of drug-likeness (QED) is 0.713. The molecule has 1 unspecified atom stereocenters. The molecule has 7 rings (SSSR count). The summed E-state index contributed by atoms with van der Waals surface area (Å²) >= 11 is 0. The lowest BCUT2D eigenvalue weighted by atomic mass is 9.48. The van der Waals surface area contributed by atoms with Gasteiger partial charge >= 0.3 is 0 Å². The molecule has 164 valence electrons. The van der Waals surface area contributed by atoms with Crippen molar-refractivity contribution >= 4 is 23.3 Å². The molecular weight excluding hydrogens is 392 g/mol. The molecule has 5 aliphatic rings. The SMILES string of the molecule is Cc1ccc2c(c1)c1c(n2CC(O)CC23CC4CC(CC(C4)C2)C3)CCN(C)C1.Cl. The Balaban J connectivity index is 0.00000193. The van der Waals surface area contributed by atoms with Crippen molar-refractivity contribution in [2.24, 2.45) is 23.2 Å². The van der Waals surface area contributed by atoms with E-state index in [0.29, 0.717) is 5.41 Å². The van der Waals surface area contributed by atoms with E-state index in [1.807, 2.05) is 0 Å². The highest BCUT2D eigenvalue weighted by atomic mass is 35.5. The van der Waals surface area contributed by atoms with Crippen molar-refractivity contribution in [2.45, 2.75) is 77.5 Å². The molecule has 30 heavy (non-hydrogen) atoms.